The second-order valence-corrected chi connectivity index (χ2v) is 31.1. The van der Waals surface area contributed by atoms with Crippen molar-refractivity contribution in [2.24, 2.45) is 0 Å². The third kappa shape index (κ3) is 12.5. The Morgan fingerprint density at radius 3 is 0.675 bits per heavy atom. The van der Waals surface area contributed by atoms with Crippen LogP contribution in [0.2, 0.25) is 0 Å². The third-order valence-corrected chi connectivity index (χ3v) is 24.2. The van der Waals surface area contributed by atoms with Gasteiger partial charge in [-0.1, -0.05) is 394 Å². The zero-order valence-corrected chi connectivity index (χ0v) is 66.5. The molecule has 0 spiro atoms. The molecule has 0 unspecified atom stereocenters. The summed E-state index contributed by atoms with van der Waals surface area (Å²) in [5, 5.41) is 50.7. The largest absolute Gasteiger partial charge is 0.275 e. The Morgan fingerprint density at radius 2 is 0.382 bits per heavy atom. The van der Waals surface area contributed by atoms with Gasteiger partial charge in [-0.05, 0) is 156 Å². The molecule has 0 aliphatic rings. The summed E-state index contributed by atoms with van der Waals surface area (Å²) >= 11 is 0. The molecule has 4 aromatic heterocycles. The SMILES string of the molecule is c1ccc(-c2ccc3ccc4c(-c5ccc(-n6c(-c7ccccc7)nnc6-c6ccccc6)cc5)ccc5ccc2c3c54)cc1.c1ccc(-c2ccc3ccc4c(-n5c(-c6ccccc6)nnc5-c5ccccc5)ccc5ccc2c3c54)cc1.c1ccc(-c2nnc(-c3ccccc3)n2-c2ccc3ccc4c(-c5ccccn5)ccc5ccc2c3c54)cc1. The van der Waals surface area contributed by atoms with Crippen LogP contribution in [0, 0.1) is 0 Å². The van der Waals surface area contributed by atoms with Crippen LogP contribution in [0.5, 0.6) is 0 Å². The van der Waals surface area contributed by atoms with E-state index < -0.39 is 0 Å². The average molecular weight is 1570 g/mol. The summed E-state index contributed by atoms with van der Waals surface area (Å²) in [5.74, 6) is 4.93. The highest BCUT2D eigenvalue weighted by atomic mass is 15.3. The van der Waals surface area contributed by atoms with Gasteiger partial charge in [0.05, 0.1) is 17.1 Å². The summed E-state index contributed by atoms with van der Waals surface area (Å²) in [4.78, 5) is 4.66. The fourth-order valence-electron chi connectivity index (χ4n) is 18.5. The topological polar surface area (TPSA) is 105 Å². The monoisotopic (exact) mass is 1570 g/mol. The summed E-state index contributed by atoms with van der Waals surface area (Å²) in [6.07, 6.45) is 1.85. The van der Waals surface area contributed by atoms with E-state index in [0.717, 1.165) is 102 Å². The highest BCUT2D eigenvalue weighted by Gasteiger charge is 2.26. The van der Waals surface area contributed by atoms with Gasteiger partial charge in [-0.25, -0.2) is 0 Å². The highest BCUT2D eigenvalue weighted by Crippen LogP contribution is 2.48. The maximum Gasteiger partial charge on any atom is 0.168 e. The van der Waals surface area contributed by atoms with E-state index in [-0.39, 0.29) is 0 Å². The standard InChI is InChI=1S/C42H27N3.C36H23N3.C35H22N4/c1-4-10-28(11-5-1)35-24-18-30-21-27-38-36(25-19-31-20-26-37(35)39(30)40(31)38)29-16-22-34(23-17-29)45-41(32-12-6-2-7-13-32)43-44-42(45)33-14-8-3-9-15-33;1-4-10-24(11-5-1)29-20-16-25-18-22-31-32(23-19-26-17-21-30(29)33(25)34(26)31)39-35(27-12-6-2-7-13-27)37-38-36(39)28-14-8-3-9-15-28;1-3-9-25(10-4-1)34-37-38-35(26-11-5-2-6-12-26)39(34)31-21-17-24-15-19-28-27(30-13-7-8-22-36-30)18-14-23-16-20-29(31)33(24)32(23)28/h1-27H;1-23H;1-22H. The smallest absolute Gasteiger partial charge is 0.168 e. The zero-order chi connectivity index (χ0) is 81.3. The van der Waals surface area contributed by atoms with Gasteiger partial charge in [0, 0.05) is 61.6 Å². The molecule has 4 heterocycles. The second kappa shape index (κ2) is 30.3. The lowest BCUT2D eigenvalue weighted by molar-refractivity contribution is 1.07. The quantitative estimate of drug-likeness (QED) is 0.106. The van der Waals surface area contributed by atoms with E-state index in [1.807, 2.05) is 128 Å². The van der Waals surface area contributed by atoms with Crippen molar-refractivity contribution in [1.82, 2.24) is 49.3 Å². The molecular formula is C113H72N10. The lowest BCUT2D eigenvalue weighted by atomic mass is 9.87. The average Bonchev–Trinajstić information content (AvgIpc) is 0.824. The molecule has 123 heavy (non-hydrogen) atoms. The van der Waals surface area contributed by atoms with Crippen molar-refractivity contribution in [2.45, 2.75) is 0 Å². The molecule has 0 saturated heterocycles. The maximum atomic E-state index is 4.72. The Kier molecular flexibility index (Phi) is 17.7. The van der Waals surface area contributed by atoms with Crippen LogP contribution in [-0.4, -0.2) is 49.3 Å². The van der Waals surface area contributed by atoms with E-state index in [2.05, 4.69) is 338 Å². The van der Waals surface area contributed by atoms with Crippen molar-refractivity contribution < 1.29 is 0 Å². The number of rotatable bonds is 13. The minimum absolute atomic E-state index is 0.818. The molecule has 0 amide bonds. The second-order valence-electron chi connectivity index (χ2n) is 31.1. The Balaban J connectivity index is 0.000000107. The molecular weight excluding hydrogens is 1500 g/mol. The first-order valence-electron chi connectivity index (χ1n) is 41.5. The fourth-order valence-corrected chi connectivity index (χ4v) is 18.5. The molecule has 0 fully saturated rings. The van der Waals surface area contributed by atoms with Crippen LogP contribution in [0.15, 0.2) is 437 Å². The zero-order valence-electron chi connectivity index (χ0n) is 66.5. The molecule has 0 N–H and O–H groups in total. The number of pyridine rings is 1. The molecule has 0 radical (unpaired) electrons. The van der Waals surface area contributed by atoms with E-state index in [1.165, 1.54) is 125 Å². The van der Waals surface area contributed by atoms with Crippen molar-refractivity contribution >= 4 is 97.0 Å². The highest BCUT2D eigenvalue weighted by molar-refractivity contribution is 6.30. The number of benzene rings is 21. The molecule has 0 aliphatic heterocycles. The summed E-state index contributed by atoms with van der Waals surface area (Å²) in [6, 6.07) is 152. The normalized spacial score (nSPS) is 11.6. The van der Waals surface area contributed by atoms with Crippen molar-refractivity contribution in [3.05, 3.63) is 437 Å². The predicted molar refractivity (Wildman–Crippen MR) is 507 cm³/mol. The first kappa shape index (κ1) is 71.6. The predicted octanol–water partition coefficient (Wildman–Crippen LogP) is 28.6. The molecule has 25 rings (SSSR count). The van der Waals surface area contributed by atoms with Crippen molar-refractivity contribution in [2.75, 3.05) is 0 Å². The molecule has 0 bridgehead atoms. The minimum Gasteiger partial charge on any atom is -0.275 e. The minimum atomic E-state index is 0.818. The van der Waals surface area contributed by atoms with Gasteiger partial charge in [0.25, 0.3) is 0 Å². The summed E-state index contributed by atoms with van der Waals surface area (Å²) in [7, 11) is 0. The summed E-state index contributed by atoms with van der Waals surface area (Å²) in [5.41, 5.74) is 18.8. The first-order valence-corrected chi connectivity index (χ1v) is 41.5. The summed E-state index contributed by atoms with van der Waals surface area (Å²) < 4.78 is 6.58. The van der Waals surface area contributed by atoms with Crippen LogP contribution < -0.4 is 0 Å². The van der Waals surface area contributed by atoms with E-state index in [4.69, 9.17) is 20.4 Å². The van der Waals surface area contributed by atoms with Gasteiger partial charge < -0.3 is 0 Å². The van der Waals surface area contributed by atoms with Gasteiger partial charge in [0.2, 0.25) is 0 Å². The van der Waals surface area contributed by atoms with Gasteiger partial charge in [0.1, 0.15) is 0 Å². The Hall–Kier alpha value is -16.7. The fraction of sp³-hybridized carbons (Fsp3) is 0. The lowest BCUT2D eigenvalue weighted by Gasteiger charge is -2.18. The molecule has 0 saturated carbocycles. The third-order valence-electron chi connectivity index (χ3n) is 24.2. The Labute approximate surface area is 708 Å². The summed E-state index contributed by atoms with van der Waals surface area (Å²) in [6.45, 7) is 0. The van der Waals surface area contributed by atoms with Gasteiger partial charge in [0.15, 0.2) is 34.9 Å². The molecule has 0 aliphatic carbocycles. The number of aromatic nitrogens is 10. The number of nitrogens with zero attached hydrogens (tertiary/aromatic N) is 10. The molecule has 10 heteroatoms. The van der Waals surface area contributed by atoms with Crippen LogP contribution in [0.1, 0.15) is 0 Å². The molecule has 25 aromatic rings. The molecule has 10 nitrogen and oxygen atoms in total. The van der Waals surface area contributed by atoms with Crippen LogP contribution >= 0.6 is 0 Å². The van der Waals surface area contributed by atoms with Gasteiger partial charge in [-0.2, -0.15) is 0 Å². The molecule has 21 aromatic carbocycles. The van der Waals surface area contributed by atoms with Crippen LogP contribution in [0.25, 0.3) is 227 Å². The van der Waals surface area contributed by atoms with Crippen LogP contribution in [0.3, 0.4) is 0 Å². The van der Waals surface area contributed by atoms with E-state index >= 15 is 0 Å². The van der Waals surface area contributed by atoms with Crippen molar-refractivity contribution in [3.63, 3.8) is 0 Å². The van der Waals surface area contributed by atoms with Crippen LogP contribution in [-0.2, 0) is 0 Å². The van der Waals surface area contributed by atoms with Crippen molar-refractivity contribution in [3.8, 4) is 130 Å². The Bertz CT molecular complexity index is 7690. The van der Waals surface area contributed by atoms with Gasteiger partial charge in [-0.15, -0.1) is 30.6 Å². The Morgan fingerprint density at radius 1 is 0.154 bits per heavy atom. The van der Waals surface area contributed by atoms with Crippen LogP contribution in [0.4, 0.5) is 0 Å². The molecule has 574 valence electrons. The first-order chi connectivity index (χ1) is 61.1. The van der Waals surface area contributed by atoms with Gasteiger partial charge >= 0.3 is 0 Å². The van der Waals surface area contributed by atoms with E-state index in [9.17, 15) is 0 Å². The molecule has 0 atom stereocenters. The van der Waals surface area contributed by atoms with Gasteiger partial charge in [-0.3, -0.25) is 18.7 Å². The maximum absolute atomic E-state index is 4.72. The number of hydrogen-bond acceptors (Lipinski definition) is 7. The van der Waals surface area contributed by atoms with E-state index in [0.29, 0.717) is 0 Å². The lowest BCUT2D eigenvalue weighted by Crippen LogP contribution is -2.02. The van der Waals surface area contributed by atoms with E-state index in [1.54, 1.807) is 0 Å². The number of hydrogen-bond donors (Lipinski definition) is 0. The van der Waals surface area contributed by atoms with Crippen molar-refractivity contribution in [1.29, 1.82) is 0 Å².